The van der Waals surface area contributed by atoms with Crippen LogP contribution in [0.1, 0.15) is 0 Å². The highest BCUT2D eigenvalue weighted by atomic mass is 16.5. The monoisotopic (exact) mass is 160 g/mol. The van der Waals surface area contributed by atoms with Crippen molar-refractivity contribution < 1.29 is 9.26 Å². The fourth-order valence-corrected chi connectivity index (χ4v) is 1.14. The lowest BCUT2D eigenvalue weighted by atomic mass is 10.2. The van der Waals surface area contributed by atoms with E-state index in [1.807, 2.05) is 49.6 Å². The molecule has 0 atom stereocenters. The Morgan fingerprint density at radius 2 is 1.83 bits per heavy atom. The Bertz CT molecular complexity index is 364. The highest BCUT2D eigenvalue weighted by Gasteiger charge is 2.05. The van der Waals surface area contributed by atoms with Gasteiger partial charge >= 0.3 is 0 Å². The second kappa shape index (κ2) is 2.81. The van der Waals surface area contributed by atoms with Crippen LogP contribution in [-0.4, -0.2) is 0 Å². The van der Waals surface area contributed by atoms with Crippen LogP contribution in [-0.2, 0) is 7.05 Å². The molecular weight excluding hydrogens is 150 g/mol. The Labute approximate surface area is 71.0 Å². The summed E-state index contributed by atoms with van der Waals surface area (Å²) in [7, 11) is 1.87. The topological polar surface area (TPSA) is 17.0 Å². The molecule has 12 heavy (non-hydrogen) atoms. The molecule has 0 bridgehead atoms. The number of aryl methyl sites for hydroxylation is 1. The first-order valence-electron chi connectivity index (χ1n) is 3.87. The van der Waals surface area contributed by atoms with Crippen molar-refractivity contribution >= 4 is 0 Å². The molecule has 60 valence electrons. The molecule has 0 radical (unpaired) electrons. The van der Waals surface area contributed by atoms with Crippen LogP contribution < -0.4 is 4.74 Å². The molecule has 0 unspecified atom stereocenters. The third kappa shape index (κ3) is 1.23. The average molecular weight is 160 g/mol. The molecule has 0 aliphatic rings. The van der Waals surface area contributed by atoms with Crippen LogP contribution in [0.3, 0.4) is 0 Å². The van der Waals surface area contributed by atoms with Gasteiger partial charge in [0.2, 0.25) is 12.0 Å². The van der Waals surface area contributed by atoms with Gasteiger partial charge in [-0.05, 0) is 4.74 Å². The SMILES string of the molecule is C[n+]1ccc(-c2ccccc2)o1. The highest BCUT2D eigenvalue weighted by molar-refractivity contribution is 5.55. The Kier molecular flexibility index (Phi) is 1.67. The third-order valence-electron chi connectivity index (χ3n) is 1.74. The second-order valence-electron chi connectivity index (χ2n) is 2.68. The van der Waals surface area contributed by atoms with E-state index in [1.165, 1.54) is 0 Å². The van der Waals surface area contributed by atoms with Crippen molar-refractivity contribution in [2.75, 3.05) is 0 Å². The van der Waals surface area contributed by atoms with Gasteiger partial charge in [0, 0.05) is 5.56 Å². The van der Waals surface area contributed by atoms with E-state index in [2.05, 4.69) is 0 Å². The van der Waals surface area contributed by atoms with Gasteiger partial charge in [0.1, 0.15) is 0 Å². The van der Waals surface area contributed by atoms with Gasteiger partial charge in [-0.15, -0.1) is 0 Å². The van der Waals surface area contributed by atoms with Crippen LogP contribution in [0.15, 0.2) is 47.1 Å². The molecule has 2 nitrogen and oxygen atoms in total. The molecule has 1 heterocycles. The quantitative estimate of drug-likeness (QED) is 0.581. The first-order valence-corrected chi connectivity index (χ1v) is 3.87. The molecule has 0 fully saturated rings. The lowest BCUT2D eigenvalue weighted by molar-refractivity contribution is -0.843. The van der Waals surface area contributed by atoms with Crippen molar-refractivity contribution in [2.45, 2.75) is 0 Å². The van der Waals surface area contributed by atoms with E-state index in [1.54, 1.807) is 4.74 Å². The molecule has 0 saturated heterocycles. The number of rotatable bonds is 1. The first-order chi connectivity index (χ1) is 5.86. The number of hydrogen-bond donors (Lipinski definition) is 0. The molecule has 1 aromatic carbocycles. The molecule has 0 aliphatic heterocycles. The van der Waals surface area contributed by atoms with E-state index in [4.69, 9.17) is 4.52 Å². The van der Waals surface area contributed by atoms with Crippen LogP contribution >= 0.6 is 0 Å². The minimum Gasteiger partial charge on any atom is -0.237 e. The largest absolute Gasteiger partial charge is 0.237 e. The molecule has 0 N–H and O–H groups in total. The van der Waals surface area contributed by atoms with Gasteiger partial charge < -0.3 is 0 Å². The minimum absolute atomic E-state index is 0.901. The Hall–Kier alpha value is -1.57. The molecule has 2 heteroatoms. The van der Waals surface area contributed by atoms with Crippen molar-refractivity contribution in [3.05, 3.63) is 42.6 Å². The average Bonchev–Trinajstić information content (AvgIpc) is 2.54. The fourth-order valence-electron chi connectivity index (χ4n) is 1.14. The van der Waals surface area contributed by atoms with Gasteiger partial charge in [-0.2, -0.15) is 0 Å². The third-order valence-corrected chi connectivity index (χ3v) is 1.74. The summed E-state index contributed by atoms with van der Waals surface area (Å²) in [6.07, 6.45) is 1.89. The molecule has 2 aromatic rings. The summed E-state index contributed by atoms with van der Waals surface area (Å²) in [4.78, 5) is 0. The molecular formula is C10H10NO+. The predicted octanol–water partition coefficient (Wildman–Crippen LogP) is 1.77. The lowest BCUT2D eigenvalue weighted by Gasteiger charge is -1.89. The van der Waals surface area contributed by atoms with Crippen LogP contribution in [0.4, 0.5) is 0 Å². The Morgan fingerprint density at radius 3 is 2.42 bits per heavy atom. The molecule has 1 aromatic heterocycles. The summed E-state index contributed by atoms with van der Waals surface area (Å²) in [5.74, 6) is 0.901. The lowest BCUT2D eigenvalue weighted by Crippen LogP contribution is -2.22. The summed E-state index contributed by atoms with van der Waals surface area (Å²) in [6, 6.07) is 12.0. The van der Waals surface area contributed by atoms with Gasteiger partial charge in [-0.3, -0.25) is 0 Å². The number of hydrogen-bond acceptors (Lipinski definition) is 1. The molecule has 2 rings (SSSR count). The zero-order chi connectivity index (χ0) is 8.39. The predicted molar refractivity (Wildman–Crippen MR) is 45.3 cm³/mol. The maximum absolute atomic E-state index is 5.39. The van der Waals surface area contributed by atoms with E-state index >= 15 is 0 Å². The molecule has 0 amide bonds. The number of aromatic nitrogens is 1. The fraction of sp³-hybridized carbons (Fsp3) is 0.100. The van der Waals surface area contributed by atoms with Gasteiger partial charge in [0.25, 0.3) is 0 Å². The van der Waals surface area contributed by atoms with Crippen LogP contribution in [0.5, 0.6) is 0 Å². The smallest absolute Gasteiger partial charge is 0.219 e. The Balaban J connectivity index is 2.45. The van der Waals surface area contributed by atoms with E-state index in [0.29, 0.717) is 0 Å². The highest BCUT2D eigenvalue weighted by Crippen LogP contribution is 2.15. The van der Waals surface area contributed by atoms with E-state index in [-0.39, 0.29) is 0 Å². The summed E-state index contributed by atoms with van der Waals surface area (Å²) < 4.78 is 7.07. The molecule has 0 spiro atoms. The zero-order valence-electron chi connectivity index (χ0n) is 6.90. The van der Waals surface area contributed by atoms with E-state index < -0.39 is 0 Å². The summed E-state index contributed by atoms with van der Waals surface area (Å²) in [6.45, 7) is 0. The van der Waals surface area contributed by atoms with Crippen molar-refractivity contribution in [3.8, 4) is 11.3 Å². The summed E-state index contributed by atoms with van der Waals surface area (Å²) >= 11 is 0. The van der Waals surface area contributed by atoms with Gasteiger partial charge in [0.05, 0.1) is 6.07 Å². The second-order valence-corrected chi connectivity index (χ2v) is 2.68. The zero-order valence-corrected chi connectivity index (χ0v) is 6.90. The Morgan fingerprint density at radius 1 is 1.08 bits per heavy atom. The first kappa shape index (κ1) is 7.10. The van der Waals surface area contributed by atoms with Crippen molar-refractivity contribution in [1.82, 2.24) is 0 Å². The molecule has 0 aliphatic carbocycles. The van der Waals surface area contributed by atoms with Gasteiger partial charge in [0.15, 0.2) is 7.05 Å². The van der Waals surface area contributed by atoms with Crippen LogP contribution in [0, 0.1) is 0 Å². The van der Waals surface area contributed by atoms with Crippen molar-refractivity contribution in [2.24, 2.45) is 7.05 Å². The van der Waals surface area contributed by atoms with Gasteiger partial charge in [-0.25, -0.2) is 4.52 Å². The number of benzene rings is 1. The van der Waals surface area contributed by atoms with Crippen molar-refractivity contribution in [1.29, 1.82) is 0 Å². The van der Waals surface area contributed by atoms with Crippen LogP contribution in [0.25, 0.3) is 11.3 Å². The maximum Gasteiger partial charge on any atom is 0.219 e. The summed E-state index contributed by atoms with van der Waals surface area (Å²) in [5, 5.41) is 0. The number of nitrogens with zero attached hydrogens (tertiary/aromatic N) is 1. The maximum atomic E-state index is 5.39. The summed E-state index contributed by atoms with van der Waals surface area (Å²) in [5.41, 5.74) is 1.11. The normalized spacial score (nSPS) is 10.1. The molecule has 0 saturated carbocycles. The van der Waals surface area contributed by atoms with Crippen LogP contribution in [0.2, 0.25) is 0 Å². The van der Waals surface area contributed by atoms with E-state index in [9.17, 15) is 0 Å². The van der Waals surface area contributed by atoms with E-state index in [0.717, 1.165) is 11.3 Å². The minimum atomic E-state index is 0.901. The standard InChI is InChI=1S/C10H10NO/c1-11-8-7-10(12-11)9-5-3-2-4-6-9/h2-8H,1H3/q+1. The van der Waals surface area contributed by atoms with Crippen molar-refractivity contribution in [3.63, 3.8) is 0 Å². The van der Waals surface area contributed by atoms with Gasteiger partial charge in [-0.1, -0.05) is 30.3 Å².